The average molecular weight is 614 g/mol. The van der Waals surface area contributed by atoms with Crippen LogP contribution in [0.25, 0.3) is 5.57 Å². The van der Waals surface area contributed by atoms with Gasteiger partial charge in [-0.3, -0.25) is 0 Å². The van der Waals surface area contributed by atoms with Crippen LogP contribution in [0.1, 0.15) is 16.7 Å². The van der Waals surface area contributed by atoms with Crippen molar-refractivity contribution < 1.29 is 32.2 Å². The van der Waals surface area contributed by atoms with E-state index in [2.05, 4.69) is 27.3 Å². The lowest BCUT2D eigenvalue weighted by Crippen LogP contribution is -2.13. The minimum absolute atomic E-state index is 0.129. The van der Waals surface area contributed by atoms with Gasteiger partial charge < -0.3 is 14.2 Å². The summed E-state index contributed by atoms with van der Waals surface area (Å²) in [5, 5.41) is 0. The third-order valence-electron chi connectivity index (χ3n) is 4.81. The van der Waals surface area contributed by atoms with Crippen molar-refractivity contribution in [1.29, 1.82) is 0 Å². The molecule has 4 nitrogen and oxygen atoms in total. The van der Waals surface area contributed by atoms with Crippen molar-refractivity contribution in [3.63, 3.8) is 0 Å². The molecule has 3 aromatic rings. The second kappa shape index (κ2) is 12.3. The summed E-state index contributed by atoms with van der Waals surface area (Å²) in [7, 11) is 1.29. The number of alkyl halides is 3. The van der Waals surface area contributed by atoms with Crippen LogP contribution >= 0.6 is 34.4 Å². The molecule has 0 aliphatic rings. The number of hydrogen-bond donors (Lipinski definition) is 0. The highest BCUT2D eigenvalue weighted by molar-refractivity contribution is 14.1. The molecular formula is C26H22F3IO4S. The molecule has 0 saturated heterocycles. The molecule has 0 fully saturated rings. The van der Waals surface area contributed by atoms with Crippen LogP contribution in [-0.2, 0) is 9.53 Å². The lowest BCUT2D eigenvalue weighted by Gasteiger charge is -2.13. The largest absolute Gasteiger partial charge is 0.489 e. The summed E-state index contributed by atoms with van der Waals surface area (Å²) in [6.45, 7) is 1.90. The number of esters is 1. The van der Waals surface area contributed by atoms with E-state index in [-0.39, 0.29) is 29.9 Å². The molecule has 0 bridgehead atoms. The number of ether oxygens (including phenoxy) is 3. The number of benzene rings is 3. The Balaban J connectivity index is 1.77. The number of methoxy groups -OCH3 is 1. The Morgan fingerprint density at radius 3 is 2.17 bits per heavy atom. The molecule has 0 aliphatic carbocycles. The zero-order valence-corrected chi connectivity index (χ0v) is 21.9. The average Bonchev–Trinajstić information content (AvgIpc) is 2.81. The first kappa shape index (κ1) is 26.9. The highest BCUT2D eigenvalue weighted by Crippen LogP contribution is 2.37. The van der Waals surface area contributed by atoms with Gasteiger partial charge in [0, 0.05) is 8.47 Å². The van der Waals surface area contributed by atoms with Gasteiger partial charge in [-0.15, -0.1) is 0 Å². The van der Waals surface area contributed by atoms with E-state index in [9.17, 15) is 18.0 Å². The van der Waals surface area contributed by atoms with Gasteiger partial charge in [-0.25, -0.2) is 4.79 Å². The number of thioether (sulfide) groups is 1. The van der Waals surface area contributed by atoms with Crippen molar-refractivity contribution in [2.45, 2.75) is 17.3 Å². The van der Waals surface area contributed by atoms with Crippen LogP contribution < -0.4 is 9.47 Å². The fourth-order valence-corrected chi connectivity index (χ4v) is 4.06. The number of rotatable bonds is 9. The van der Waals surface area contributed by atoms with E-state index in [4.69, 9.17) is 9.47 Å². The maximum absolute atomic E-state index is 12.7. The highest BCUT2D eigenvalue weighted by Gasteiger charge is 2.29. The van der Waals surface area contributed by atoms with Crippen LogP contribution in [0, 0.1) is 10.5 Å². The molecule has 0 saturated carbocycles. The summed E-state index contributed by atoms with van der Waals surface area (Å²) in [6.07, 6.45) is 1.89. The Bertz CT molecular complexity index is 1180. The van der Waals surface area contributed by atoms with E-state index in [0.29, 0.717) is 11.5 Å². The number of carbonyl (C=O) groups is 1. The van der Waals surface area contributed by atoms with Crippen LogP contribution in [0.3, 0.4) is 0 Å². The standard InChI is InChI=1S/C26H22F3IO4S/c1-17-15-21(9-12-24(17)34-16-25(31)32-2)33-14-13-23(18-3-7-20(30)8-4-18)19-5-10-22(11-6-19)35-26(27,28)29/h3-13,15H,14,16H2,1-2H3. The van der Waals surface area contributed by atoms with E-state index in [0.717, 1.165) is 25.8 Å². The Labute approximate surface area is 219 Å². The molecule has 3 aromatic carbocycles. The quantitative estimate of drug-likeness (QED) is 0.144. The minimum Gasteiger partial charge on any atom is -0.489 e. The molecule has 0 amide bonds. The molecular weight excluding hydrogens is 592 g/mol. The summed E-state index contributed by atoms with van der Waals surface area (Å²) in [5.41, 5.74) is -0.981. The Morgan fingerprint density at radius 2 is 1.60 bits per heavy atom. The SMILES string of the molecule is COC(=O)COc1ccc(OCC=C(c2ccc(I)cc2)c2ccc(SC(F)(F)F)cc2)cc1C. The summed E-state index contributed by atoms with van der Waals surface area (Å²) >= 11 is 2.08. The van der Waals surface area contributed by atoms with Crippen LogP contribution in [-0.4, -0.2) is 31.8 Å². The van der Waals surface area contributed by atoms with E-state index in [1.54, 1.807) is 30.3 Å². The van der Waals surface area contributed by atoms with Gasteiger partial charge in [-0.05, 0) is 112 Å². The molecule has 0 heterocycles. The van der Waals surface area contributed by atoms with Gasteiger partial charge in [0.15, 0.2) is 6.61 Å². The number of hydrogen-bond acceptors (Lipinski definition) is 5. The lowest BCUT2D eigenvalue weighted by atomic mass is 9.98. The van der Waals surface area contributed by atoms with Gasteiger partial charge in [0.2, 0.25) is 0 Å². The lowest BCUT2D eigenvalue weighted by molar-refractivity contribution is -0.142. The van der Waals surface area contributed by atoms with Crippen molar-refractivity contribution in [3.8, 4) is 11.5 Å². The van der Waals surface area contributed by atoms with Crippen LogP contribution in [0.5, 0.6) is 11.5 Å². The van der Waals surface area contributed by atoms with Crippen molar-refractivity contribution in [2.24, 2.45) is 0 Å². The van der Waals surface area contributed by atoms with E-state index < -0.39 is 11.5 Å². The summed E-state index contributed by atoms with van der Waals surface area (Å²) < 4.78 is 55.0. The van der Waals surface area contributed by atoms with Gasteiger partial charge in [-0.2, -0.15) is 13.2 Å². The van der Waals surface area contributed by atoms with Gasteiger partial charge in [0.1, 0.15) is 18.1 Å². The fourth-order valence-electron chi connectivity index (χ4n) is 3.16. The van der Waals surface area contributed by atoms with Gasteiger partial charge in [0.05, 0.1) is 7.11 Å². The van der Waals surface area contributed by atoms with Crippen molar-refractivity contribution in [3.05, 3.63) is 93.1 Å². The maximum Gasteiger partial charge on any atom is 0.446 e. The molecule has 9 heteroatoms. The molecule has 0 aliphatic heterocycles. The monoisotopic (exact) mass is 614 g/mol. The predicted molar refractivity (Wildman–Crippen MR) is 139 cm³/mol. The summed E-state index contributed by atoms with van der Waals surface area (Å²) in [4.78, 5) is 11.4. The topological polar surface area (TPSA) is 44.8 Å². The first-order valence-electron chi connectivity index (χ1n) is 10.4. The van der Waals surface area contributed by atoms with E-state index in [1.165, 1.54) is 19.2 Å². The van der Waals surface area contributed by atoms with Crippen molar-refractivity contribution in [1.82, 2.24) is 0 Å². The molecule has 0 atom stereocenters. The van der Waals surface area contributed by atoms with Gasteiger partial charge in [0.25, 0.3) is 0 Å². The van der Waals surface area contributed by atoms with Gasteiger partial charge >= 0.3 is 11.5 Å². The Morgan fingerprint density at radius 1 is 0.971 bits per heavy atom. The summed E-state index contributed by atoms with van der Waals surface area (Å²) in [5.74, 6) is 0.695. The summed E-state index contributed by atoms with van der Waals surface area (Å²) in [6, 6.07) is 19.4. The normalized spacial score (nSPS) is 11.8. The predicted octanol–water partition coefficient (Wildman–Crippen LogP) is 7.27. The molecule has 0 spiro atoms. The number of carbonyl (C=O) groups excluding carboxylic acids is 1. The number of halogens is 4. The first-order chi connectivity index (χ1) is 16.6. The Hall–Kier alpha value is -2.66. The highest BCUT2D eigenvalue weighted by atomic mass is 127. The second-order valence-electron chi connectivity index (χ2n) is 7.30. The zero-order chi connectivity index (χ0) is 25.4. The zero-order valence-electron chi connectivity index (χ0n) is 18.9. The maximum atomic E-state index is 12.7. The molecule has 3 rings (SSSR count). The minimum atomic E-state index is -4.33. The van der Waals surface area contributed by atoms with Crippen LogP contribution in [0.4, 0.5) is 13.2 Å². The third-order valence-corrected chi connectivity index (χ3v) is 6.27. The van der Waals surface area contributed by atoms with Crippen LogP contribution in [0.2, 0.25) is 0 Å². The molecule has 35 heavy (non-hydrogen) atoms. The Kier molecular flexibility index (Phi) is 9.50. The van der Waals surface area contributed by atoms with E-state index in [1.807, 2.05) is 37.3 Å². The van der Waals surface area contributed by atoms with Gasteiger partial charge in [-0.1, -0.05) is 24.3 Å². The molecule has 0 radical (unpaired) electrons. The second-order valence-corrected chi connectivity index (χ2v) is 9.68. The van der Waals surface area contributed by atoms with Crippen LogP contribution in [0.15, 0.2) is 77.7 Å². The van der Waals surface area contributed by atoms with Crippen molar-refractivity contribution >= 4 is 45.9 Å². The smallest absolute Gasteiger partial charge is 0.446 e. The molecule has 184 valence electrons. The first-order valence-corrected chi connectivity index (χ1v) is 12.3. The number of aryl methyl sites for hydroxylation is 1. The molecule has 0 unspecified atom stereocenters. The molecule has 0 N–H and O–H groups in total. The fraction of sp³-hybridized carbons (Fsp3) is 0.192. The third kappa shape index (κ3) is 8.50. The van der Waals surface area contributed by atoms with E-state index >= 15 is 0 Å². The molecule has 0 aromatic heterocycles. The van der Waals surface area contributed by atoms with Crippen molar-refractivity contribution in [2.75, 3.05) is 20.3 Å².